The number of ether oxygens (including phenoxy) is 1. The van der Waals surface area contributed by atoms with E-state index in [1.54, 1.807) is 7.11 Å². The summed E-state index contributed by atoms with van der Waals surface area (Å²) in [5, 5.41) is 2.99. The van der Waals surface area contributed by atoms with Gasteiger partial charge >= 0.3 is 0 Å². The Morgan fingerprint density at radius 3 is 2.61 bits per heavy atom. The van der Waals surface area contributed by atoms with Gasteiger partial charge in [0.05, 0.1) is 12.5 Å². The molecule has 3 rings (SSSR count). The zero-order valence-electron chi connectivity index (χ0n) is 14.1. The first-order valence-corrected chi connectivity index (χ1v) is 8.87. The number of nitrogens with zero attached hydrogens (tertiary/aromatic N) is 1. The highest BCUT2D eigenvalue weighted by Crippen LogP contribution is 2.49. The highest BCUT2D eigenvalue weighted by atomic mass is 16.5. The molecule has 0 aromatic rings. The number of hydrogen-bond acceptors (Lipinski definition) is 3. The van der Waals surface area contributed by atoms with Crippen LogP contribution in [0.2, 0.25) is 0 Å². The lowest BCUT2D eigenvalue weighted by Crippen LogP contribution is -2.41. The SMILES string of the molecule is COCCNC(=O)C1CN(C(=O)C2CC=CC2)CC12CCCC2. The van der Waals surface area contributed by atoms with Gasteiger partial charge in [0.25, 0.3) is 0 Å². The lowest BCUT2D eigenvalue weighted by molar-refractivity contribution is -0.134. The summed E-state index contributed by atoms with van der Waals surface area (Å²) in [7, 11) is 1.64. The third-order valence-electron chi connectivity index (χ3n) is 5.84. The van der Waals surface area contributed by atoms with E-state index in [2.05, 4.69) is 17.5 Å². The van der Waals surface area contributed by atoms with E-state index in [0.29, 0.717) is 19.7 Å². The predicted octanol–water partition coefficient (Wildman–Crippen LogP) is 1.73. The first-order chi connectivity index (χ1) is 11.2. The summed E-state index contributed by atoms with van der Waals surface area (Å²) in [6.45, 7) is 2.43. The Kier molecular flexibility index (Phi) is 5.05. The smallest absolute Gasteiger partial charge is 0.226 e. The minimum absolute atomic E-state index is 0.0127. The predicted molar refractivity (Wildman–Crippen MR) is 87.7 cm³/mol. The summed E-state index contributed by atoms with van der Waals surface area (Å²) in [5.41, 5.74) is 0.0127. The molecule has 128 valence electrons. The van der Waals surface area contributed by atoms with E-state index in [-0.39, 0.29) is 29.1 Å². The van der Waals surface area contributed by atoms with Crippen molar-refractivity contribution in [2.24, 2.45) is 17.3 Å². The van der Waals surface area contributed by atoms with Gasteiger partial charge in [0.15, 0.2) is 0 Å². The molecule has 0 bridgehead atoms. The second-order valence-corrected chi connectivity index (χ2v) is 7.26. The zero-order chi connectivity index (χ0) is 16.3. The number of allylic oxidation sites excluding steroid dienone is 2. The van der Waals surface area contributed by atoms with Gasteiger partial charge in [-0.2, -0.15) is 0 Å². The third-order valence-corrected chi connectivity index (χ3v) is 5.84. The largest absolute Gasteiger partial charge is 0.383 e. The molecule has 0 aromatic carbocycles. The Labute approximate surface area is 138 Å². The first-order valence-electron chi connectivity index (χ1n) is 8.87. The van der Waals surface area contributed by atoms with Crippen molar-refractivity contribution in [2.45, 2.75) is 38.5 Å². The average molecular weight is 320 g/mol. The van der Waals surface area contributed by atoms with E-state index in [0.717, 1.165) is 32.2 Å². The number of rotatable bonds is 5. The number of carbonyl (C=O) groups is 2. The van der Waals surface area contributed by atoms with Gasteiger partial charge in [-0.25, -0.2) is 0 Å². The summed E-state index contributed by atoms with van der Waals surface area (Å²) < 4.78 is 5.01. The summed E-state index contributed by atoms with van der Waals surface area (Å²) in [5.74, 6) is 0.390. The molecule has 0 aromatic heterocycles. The van der Waals surface area contributed by atoms with Crippen molar-refractivity contribution in [2.75, 3.05) is 33.4 Å². The van der Waals surface area contributed by atoms with Gasteiger partial charge in [0, 0.05) is 38.1 Å². The van der Waals surface area contributed by atoms with Crippen LogP contribution in [0.5, 0.6) is 0 Å². The Balaban J connectivity index is 1.67. The molecule has 1 saturated carbocycles. The Morgan fingerprint density at radius 2 is 1.96 bits per heavy atom. The number of carbonyl (C=O) groups excluding carboxylic acids is 2. The van der Waals surface area contributed by atoms with Crippen LogP contribution in [-0.4, -0.2) is 50.1 Å². The van der Waals surface area contributed by atoms with Crippen LogP contribution >= 0.6 is 0 Å². The second-order valence-electron chi connectivity index (χ2n) is 7.26. The molecule has 1 N–H and O–H groups in total. The minimum Gasteiger partial charge on any atom is -0.383 e. The maximum absolute atomic E-state index is 12.8. The van der Waals surface area contributed by atoms with Crippen LogP contribution in [-0.2, 0) is 14.3 Å². The Bertz CT molecular complexity index is 475. The van der Waals surface area contributed by atoms with Gasteiger partial charge in [0.2, 0.25) is 11.8 Å². The first kappa shape index (κ1) is 16.5. The molecule has 2 amide bonds. The molecule has 23 heavy (non-hydrogen) atoms. The van der Waals surface area contributed by atoms with Gasteiger partial charge in [-0.15, -0.1) is 0 Å². The van der Waals surface area contributed by atoms with Crippen molar-refractivity contribution in [1.29, 1.82) is 0 Å². The minimum atomic E-state index is -0.0554. The van der Waals surface area contributed by atoms with Crippen LogP contribution < -0.4 is 5.32 Å². The van der Waals surface area contributed by atoms with E-state index in [1.807, 2.05) is 4.90 Å². The van der Waals surface area contributed by atoms with Crippen molar-refractivity contribution in [3.63, 3.8) is 0 Å². The molecule has 5 nitrogen and oxygen atoms in total. The molecule has 1 aliphatic heterocycles. The summed E-state index contributed by atoms with van der Waals surface area (Å²) in [4.78, 5) is 27.4. The fraction of sp³-hybridized carbons (Fsp3) is 0.778. The number of methoxy groups -OCH3 is 1. The molecule has 1 saturated heterocycles. The fourth-order valence-electron chi connectivity index (χ4n) is 4.56. The molecular weight excluding hydrogens is 292 g/mol. The maximum Gasteiger partial charge on any atom is 0.226 e. The lowest BCUT2D eigenvalue weighted by atomic mass is 9.76. The van der Waals surface area contributed by atoms with Crippen LogP contribution in [0, 0.1) is 17.3 Å². The van der Waals surface area contributed by atoms with Crippen LogP contribution in [0.3, 0.4) is 0 Å². The van der Waals surface area contributed by atoms with Gasteiger partial charge < -0.3 is 15.0 Å². The fourth-order valence-corrected chi connectivity index (χ4v) is 4.56. The van der Waals surface area contributed by atoms with Crippen LogP contribution in [0.25, 0.3) is 0 Å². The van der Waals surface area contributed by atoms with E-state index >= 15 is 0 Å². The monoisotopic (exact) mass is 320 g/mol. The van der Waals surface area contributed by atoms with Crippen molar-refractivity contribution in [3.8, 4) is 0 Å². The molecule has 2 fully saturated rings. The van der Waals surface area contributed by atoms with E-state index < -0.39 is 0 Å². The summed E-state index contributed by atoms with van der Waals surface area (Å²) >= 11 is 0. The van der Waals surface area contributed by atoms with Crippen LogP contribution in [0.4, 0.5) is 0 Å². The number of amides is 2. The molecule has 5 heteroatoms. The number of nitrogens with one attached hydrogen (secondary N) is 1. The van der Waals surface area contributed by atoms with E-state index in [4.69, 9.17) is 4.74 Å². The van der Waals surface area contributed by atoms with Crippen LogP contribution in [0.1, 0.15) is 38.5 Å². The Hall–Kier alpha value is -1.36. The molecule has 3 aliphatic rings. The summed E-state index contributed by atoms with van der Waals surface area (Å²) in [6.07, 6.45) is 10.4. The quantitative estimate of drug-likeness (QED) is 0.620. The topological polar surface area (TPSA) is 58.6 Å². The van der Waals surface area contributed by atoms with Gasteiger partial charge in [-0.1, -0.05) is 25.0 Å². The molecule has 2 aliphatic carbocycles. The van der Waals surface area contributed by atoms with E-state index in [1.165, 1.54) is 12.8 Å². The maximum atomic E-state index is 12.8. The summed E-state index contributed by atoms with van der Waals surface area (Å²) in [6, 6.07) is 0. The zero-order valence-corrected chi connectivity index (χ0v) is 14.1. The van der Waals surface area contributed by atoms with Crippen LogP contribution in [0.15, 0.2) is 12.2 Å². The molecular formula is C18H28N2O3. The molecule has 1 atom stereocenters. The van der Waals surface area contributed by atoms with Gasteiger partial charge in [0.1, 0.15) is 0 Å². The molecule has 1 unspecified atom stereocenters. The normalized spacial score (nSPS) is 26.3. The molecule has 0 radical (unpaired) electrons. The number of hydrogen-bond donors (Lipinski definition) is 1. The van der Waals surface area contributed by atoms with Gasteiger partial charge in [-0.3, -0.25) is 9.59 Å². The molecule has 1 heterocycles. The average Bonchev–Trinajstić information content (AvgIpc) is 3.28. The van der Waals surface area contributed by atoms with Crippen molar-refractivity contribution in [3.05, 3.63) is 12.2 Å². The van der Waals surface area contributed by atoms with Crippen molar-refractivity contribution in [1.82, 2.24) is 10.2 Å². The second kappa shape index (κ2) is 7.04. The van der Waals surface area contributed by atoms with Crippen molar-refractivity contribution >= 4 is 11.8 Å². The van der Waals surface area contributed by atoms with E-state index in [9.17, 15) is 9.59 Å². The highest BCUT2D eigenvalue weighted by molar-refractivity contribution is 5.84. The third kappa shape index (κ3) is 3.30. The lowest BCUT2D eigenvalue weighted by Gasteiger charge is -2.29. The van der Waals surface area contributed by atoms with Gasteiger partial charge in [-0.05, 0) is 25.7 Å². The number of likely N-dealkylation sites (tertiary alicyclic amines) is 1. The molecule has 1 spiro atoms. The Morgan fingerprint density at radius 1 is 1.26 bits per heavy atom. The highest BCUT2D eigenvalue weighted by Gasteiger charge is 2.52. The van der Waals surface area contributed by atoms with Crippen molar-refractivity contribution < 1.29 is 14.3 Å². The standard InChI is InChI=1S/C18H28N2O3/c1-23-11-10-19-16(21)15-12-20(13-18(15)8-4-5-9-18)17(22)14-6-2-3-7-14/h2-3,14-15H,4-13H2,1H3,(H,19,21).